The van der Waals surface area contributed by atoms with E-state index in [4.69, 9.17) is 0 Å². The third-order valence-electron chi connectivity index (χ3n) is 5.33. The molecule has 5 aromatic rings. The number of benzene rings is 2. The number of nitrogens with zero attached hydrogens (tertiary/aromatic N) is 3. The summed E-state index contributed by atoms with van der Waals surface area (Å²) in [7, 11) is 0. The number of aromatic amines is 1. The van der Waals surface area contributed by atoms with Gasteiger partial charge >= 0.3 is 6.18 Å². The van der Waals surface area contributed by atoms with E-state index in [0.29, 0.717) is 16.9 Å². The molecule has 3 heterocycles. The Morgan fingerprint density at radius 2 is 1.74 bits per heavy atom. The van der Waals surface area contributed by atoms with Crippen LogP contribution in [0.15, 0.2) is 79.4 Å². The lowest BCUT2D eigenvalue weighted by Crippen LogP contribution is -2.17. The van der Waals surface area contributed by atoms with Gasteiger partial charge in [-0.2, -0.15) is 18.3 Å². The van der Waals surface area contributed by atoms with Crippen molar-refractivity contribution in [2.45, 2.75) is 6.18 Å². The molecule has 5 rings (SSSR count). The van der Waals surface area contributed by atoms with Crippen LogP contribution in [0.25, 0.3) is 28.0 Å². The summed E-state index contributed by atoms with van der Waals surface area (Å²) in [5, 5.41) is 8.83. The standard InChI is InChI=1S/C24H15F4N5O.ClH/c25-19-9-14(21-12-29-22-8-6-15(13-33(21)22)16-10-30-31-11-16)5-7-17(19)23(34)32-20-4-2-1-3-18(20)24(26,27)28;/h1-13H,(H,30,31)(H,32,34);1H. The number of halogens is 5. The Morgan fingerprint density at radius 3 is 2.46 bits per heavy atom. The molecule has 2 N–H and O–H groups in total. The minimum atomic E-state index is -4.66. The van der Waals surface area contributed by atoms with Gasteiger partial charge in [-0.05, 0) is 36.4 Å². The number of amides is 1. The van der Waals surface area contributed by atoms with Crippen LogP contribution in [-0.4, -0.2) is 25.5 Å². The summed E-state index contributed by atoms with van der Waals surface area (Å²) in [6, 6.07) is 12.1. The Balaban J connectivity index is 0.00000289. The van der Waals surface area contributed by atoms with Crippen molar-refractivity contribution in [1.29, 1.82) is 0 Å². The number of carbonyl (C=O) groups excluding carboxylic acids is 1. The first-order valence-electron chi connectivity index (χ1n) is 10.0. The molecule has 2 aromatic carbocycles. The highest BCUT2D eigenvalue weighted by Crippen LogP contribution is 2.35. The zero-order chi connectivity index (χ0) is 23.9. The summed E-state index contributed by atoms with van der Waals surface area (Å²) in [6.45, 7) is 0. The molecule has 3 aromatic heterocycles. The smallest absolute Gasteiger partial charge is 0.321 e. The molecule has 0 aliphatic heterocycles. The second kappa shape index (κ2) is 9.22. The zero-order valence-electron chi connectivity index (χ0n) is 17.7. The van der Waals surface area contributed by atoms with Crippen molar-refractivity contribution in [1.82, 2.24) is 19.6 Å². The number of anilines is 1. The second-order valence-corrected chi connectivity index (χ2v) is 7.47. The molecule has 0 radical (unpaired) electrons. The maximum Gasteiger partial charge on any atom is 0.418 e. The maximum absolute atomic E-state index is 14.9. The lowest BCUT2D eigenvalue weighted by atomic mass is 10.1. The van der Waals surface area contributed by atoms with Crippen molar-refractivity contribution < 1.29 is 22.4 Å². The summed E-state index contributed by atoms with van der Waals surface area (Å²) >= 11 is 0. The van der Waals surface area contributed by atoms with Crippen LogP contribution in [0.3, 0.4) is 0 Å². The quantitative estimate of drug-likeness (QED) is 0.287. The van der Waals surface area contributed by atoms with Gasteiger partial charge in [0.05, 0.1) is 34.9 Å². The van der Waals surface area contributed by atoms with E-state index < -0.39 is 29.2 Å². The average molecular weight is 502 g/mol. The molecule has 6 nitrogen and oxygen atoms in total. The third-order valence-corrected chi connectivity index (χ3v) is 5.33. The number of imidazole rings is 1. The summed E-state index contributed by atoms with van der Waals surface area (Å²) in [6.07, 6.45) is 2.14. The summed E-state index contributed by atoms with van der Waals surface area (Å²) in [5.74, 6) is -1.86. The number of rotatable bonds is 4. The van der Waals surface area contributed by atoms with Crippen LogP contribution in [-0.2, 0) is 6.18 Å². The third kappa shape index (κ3) is 4.60. The molecule has 0 saturated heterocycles. The molecule has 0 saturated carbocycles. The Morgan fingerprint density at radius 1 is 0.971 bits per heavy atom. The molecule has 11 heteroatoms. The number of H-pyrrole nitrogens is 1. The predicted octanol–water partition coefficient (Wildman–Crippen LogP) is 6.22. The number of hydrogen-bond acceptors (Lipinski definition) is 3. The van der Waals surface area contributed by atoms with Gasteiger partial charge in [-0.25, -0.2) is 9.37 Å². The fraction of sp³-hybridized carbons (Fsp3) is 0.0417. The number of aromatic nitrogens is 4. The lowest BCUT2D eigenvalue weighted by Gasteiger charge is -2.14. The minimum absolute atomic E-state index is 0. The molecule has 0 bridgehead atoms. The minimum Gasteiger partial charge on any atom is -0.321 e. The van der Waals surface area contributed by atoms with E-state index in [-0.39, 0.29) is 18.0 Å². The largest absolute Gasteiger partial charge is 0.418 e. The van der Waals surface area contributed by atoms with Crippen molar-refractivity contribution in [3.63, 3.8) is 0 Å². The molecule has 0 unspecified atom stereocenters. The van der Waals surface area contributed by atoms with E-state index in [2.05, 4.69) is 20.5 Å². The van der Waals surface area contributed by atoms with Gasteiger partial charge in [-0.1, -0.05) is 18.2 Å². The normalized spacial score (nSPS) is 11.3. The fourth-order valence-electron chi connectivity index (χ4n) is 3.66. The summed E-state index contributed by atoms with van der Waals surface area (Å²) < 4.78 is 56.3. The first kappa shape index (κ1) is 24.0. The first-order chi connectivity index (χ1) is 16.3. The monoisotopic (exact) mass is 501 g/mol. The van der Waals surface area contributed by atoms with Gasteiger partial charge in [0.2, 0.25) is 0 Å². The van der Waals surface area contributed by atoms with Crippen molar-refractivity contribution >= 4 is 29.6 Å². The highest BCUT2D eigenvalue weighted by molar-refractivity contribution is 6.05. The zero-order valence-corrected chi connectivity index (χ0v) is 18.5. The van der Waals surface area contributed by atoms with Crippen LogP contribution < -0.4 is 5.32 Å². The van der Waals surface area contributed by atoms with Gasteiger partial charge in [0.1, 0.15) is 11.5 Å². The molecule has 0 atom stereocenters. The highest BCUT2D eigenvalue weighted by Gasteiger charge is 2.33. The highest BCUT2D eigenvalue weighted by atomic mass is 35.5. The number of hydrogen-bond donors (Lipinski definition) is 2. The second-order valence-electron chi connectivity index (χ2n) is 7.47. The maximum atomic E-state index is 14.9. The van der Waals surface area contributed by atoms with Crippen molar-refractivity contribution in [2.75, 3.05) is 5.32 Å². The molecule has 178 valence electrons. The van der Waals surface area contributed by atoms with Crippen LogP contribution in [0.1, 0.15) is 15.9 Å². The number of para-hydroxylation sites is 1. The molecule has 0 fully saturated rings. The topological polar surface area (TPSA) is 75.1 Å². The van der Waals surface area contributed by atoms with Crippen LogP contribution in [0.4, 0.5) is 23.2 Å². The molecule has 35 heavy (non-hydrogen) atoms. The number of alkyl halides is 3. The van der Waals surface area contributed by atoms with Gasteiger partial charge in [0.15, 0.2) is 0 Å². The van der Waals surface area contributed by atoms with Gasteiger partial charge in [-0.15, -0.1) is 12.4 Å². The molecule has 0 aliphatic rings. The van der Waals surface area contributed by atoms with Crippen molar-refractivity contribution in [2.24, 2.45) is 0 Å². The average Bonchev–Trinajstić information content (AvgIpc) is 3.48. The van der Waals surface area contributed by atoms with Crippen LogP contribution >= 0.6 is 12.4 Å². The summed E-state index contributed by atoms with van der Waals surface area (Å²) in [5.41, 5.74) is 1.54. The van der Waals surface area contributed by atoms with E-state index in [1.807, 2.05) is 18.3 Å². The number of pyridine rings is 1. The number of carbonyl (C=O) groups is 1. The van der Waals surface area contributed by atoms with Gasteiger partial charge in [-0.3, -0.25) is 14.3 Å². The van der Waals surface area contributed by atoms with E-state index in [1.165, 1.54) is 24.3 Å². The molecule has 0 spiro atoms. The molecular formula is C24H16ClF4N5O. The first-order valence-corrected chi connectivity index (χ1v) is 10.0. The van der Waals surface area contributed by atoms with E-state index >= 15 is 0 Å². The summed E-state index contributed by atoms with van der Waals surface area (Å²) in [4.78, 5) is 16.9. The van der Waals surface area contributed by atoms with Gasteiger partial charge in [0.25, 0.3) is 5.91 Å². The molecular weight excluding hydrogens is 486 g/mol. The van der Waals surface area contributed by atoms with Crippen LogP contribution in [0.5, 0.6) is 0 Å². The molecule has 0 aliphatic carbocycles. The van der Waals surface area contributed by atoms with Crippen LogP contribution in [0, 0.1) is 5.82 Å². The van der Waals surface area contributed by atoms with E-state index in [0.717, 1.165) is 29.3 Å². The molecule has 1 amide bonds. The Labute approximate surface area is 202 Å². The van der Waals surface area contributed by atoms with Gasteiger partial charge < -0.3 is 5.32 Å². The lowest BCUT2D eigenvalue weighted by molar-refractivity contribution is -0.136. The Kier molecular flexibility index (Phi) is 6.31. The predicted molar refractivity (Wildman–Crippen MR) is 125 cm³/mol. The van der Waals surface area contributed by atoms with E-state index in [1.54, 1.807) is 23.0 Å². The number of nitrogens with one attached hydrogen (secondary N) is 2. The SMILES string of the molecule is Cl.O=C(Nc1ccccc1C(F)(F)F)c1ccc(-c2cnc3ccc(-c4cn[nH]c4)cn23)cc1F. The Bertz CT molecular complexity index is 1510. The van der Waals surface area contributed by atoms with E-state index in [9.17, 15) is 22.4 Å². The number of fused-ring (bicyclic) bond motifs is 1. The fourth-order valence-corrected chi connectivity index (χ4v) is 3.66. The Hall–Kier alpha value is -4.18. The van der Waals surface area contributed by atoms with Crippen molar-refractivity contribution in [3.8, 4) is 22.4 Å². The van der Waals surface area contributed by atoms with Crippen molar-refractivity contribution in [3.05, 3.63) is 96.3 Å². The van der Waals surface area contributed by atoms with Crippen LogP contribution in [0.2, 0.25) is 0 Å². The van der Waals surface area contributed by atoms with Gasteiger partial charge in [0, 0.05) is 29.1 Å².